The number of halogens is 2. The maximum Gasteiger partial charge on any atom is 0.107 e. The Morgan fingerprint density at radius 2 is 1.50 bits per heavy atom. The Balaban J connectivity index is 3.07. The molecule has 0 aliphatic carbocycles. The SMILES string of the molecule is CC(C)(O)CCCCCCCC(Cl)Cl. The van der Waals surface area contributed by atoms with Crippen LogP contribution < -0.4 is 0 Å². The molecule has 0 saturated heterocycles. The van der Waals surface area contributed by atoms with Crippen LogP contribution in [0.1, 0.15) is 58.8 Å². The smallest absolute Gasteiger partial charge is 0.107 e. The van der Waals surface area contributed by atoms with Crippen LogP contribution in [0.3, 0.4) is 0 Å². The molecule has 0 saturated carbocycles. The van der Waals surface area contributed by atoms with E-state index in [1.54, 1.807) is 0 Å². The molecule has 14 heavy (non-hydrogen) atoms. The lowest BCUT2D eigenvalue weighted by Crippen LogP contribution is -2.17. The summed E-state index contributed by atoms with van der Waals surface area (Å²) >= 11 is 11.2. The van der Waals surface area contributed by atoms with E-state index in [4.69, 9.17) is 23.2 Å². The summed E-state index contributed by atoms with van der Waals surface area (Å²) in [6.45, 7) is 3.72. The standard InChI is InChI=1S/C11H22Cl2O/c1-11(2,14)9-7-5-3-4-6-8-10(12)13/h10,14H,3-9H2,1-2H3. The van der Waals surface area contributed by atoms with Gasteiger partial charge in [-0.3, -0.25) is 0 Å². The van der Waals surface area contributed by atoms with Crippen LogP contribution in [0.15, 0.2) is 0 Å². The minimum Gasteiger partial charge on any atom is -0.390 e. The topological polar surface area (TPSA) is 20.2 Å². The zero-order valence-corrected chi connectivity index (χ0v) is 10.7. The van der Waals surface area contributed by atoms with Crippen LogP contribution in [-0.4, -0.2) is 15.5 Å². The van der Waals surface area contributed by atoms with Crippen molar-refractivity contribution in [3.05, 3.63) is 0 Å². The third kappa shape index (κ3) is 12.5. The van der Waals surface area contributed by atoms with E-state index in [-0.39, 0.29) is 4.84 Å². The number of hydrogen-bond donors (Lipinski definition) is 1. The first-order valence-electron chi connectivity index (χ1n) is 5.42. The van der Waals surface area contributed by atoms with Crippen LogP contribution in [0.4, 0.5) is 0 Å². The molecule has 0 aliphatic rings. The second-order valence-electron chi connectivity index (χ2n) is 4.51. The summed E-state index contributed by atoms with van der Waals surface area (Å²) in [5.41, 5.74) is -0.503. The van der Waals surface area contributed by atoms with E-state index in [0.29, 0.717) is 0 Å². The number of aliphatic hydroxyl groups is 1. The molecule has 1 nitrogen and oxygen atoms in total. The van der Waals surface area contributed by atoms with Gasteiger partial charge in [-0.25, -0.2) is 0 Å². The predicted octanol–water partition coefficient (Wildman–Crippen LogP) is 4.29. The molecular formula is C11H22Cl2O. The van der Waals surface area contributed by atoms with Crippen molar-refractivity contribution in [3.8, 4) is 0 Å². The van der Waals surface area contributed by atoms with Crippen LogP contribution in [0, 0.1) is 0 Å². The average molecular weight is 241 g/mol. The van der Waals surface area contributed by atoms with Gasteiger partial charge >= 0.3 is 0 Å². The Hall–Kier alpha value is 0.540. The zero-order chi connectivity index (χ0) is 11.0. The predicted molar refractivity (Wildman–Crippen MR) is 64.1 cm³/mol. The molecule has 0 aromatic heterocycles. The first-order valence-corrected chi connectivity index (χ1v) is 6.29. The van der Waals surface area contributed by atoms with E-state index in [9.17, 15) is 5.11 Å². The normalized spacial score (nSPS) is 12.4. The molecular weight excluding hydrogens is 219 g/mol. The monoisotopic (exact) mass is 240 g/mol. The van der Waals surface area contributed by atoms with Crippen molar-refractivity contribution in [1.82, 2.24) is 0 Å². The summed E-state index contributed by atoms with van der Waals surface area (Å²) in [5.74, 6) is 0. The first-order chi connectivity index (χ1) is 6.42. The van der Waals surface area contributed by atoms with E-state index in [0.717, 1.165) is 25.7 Å². The van der Waals surface area contributed by atoms with Crippen LogP contribution in [0.2, 0.25) is 0 Å². The summed E-state index contributed by atoms with van der Waals surface area (Å²) in [4.78, 5) is -0.202. The largest absolute Gasteiger partial charge is 0.390 e. The highest BCUT2D eigenvalue weighted by Gasteiger charge is 2.10. The van der Waals surface area contributed by atoms with Gasteiger partial charge in [0.05, 0.1) is 5.60 Å². The fourth-order valence-electron chi connectivity index (χ4n) is 1.39. The maximum atomic E-state index is 9.46. The second-order valence-corrected chi connectivity index (χ2v) is 5.79. The van der Waals surface area contributed by atoms with E-state index < -0.39 is 5.60 Å². The molecule has 0 fully saturated rings. The van der Waals surface area contributed by atoms with Gasteiger partial charge in [0.1, 0.15) is 4.84 Å². The number of hydrogen-bond acceptors (Lipinski definition) is 1. The van der Waals surface area contributed by atoms with Crippen LogP contribution in [0.25, 0.3) is 0 Å². The van der Waals surface area contributed by atoms with Crippen molar-refractivity contribution in [3.63, 3.8) is 0 Å². The van der Waals surface area contributed by atoms with Crippen molar-refractivity contribution in [2.45, 2.75) is 69.2 Å². The summed E-state index contributed by atoms with van der Waals surface area (Å²) in [5, 5.41) is 9.46. The molecule has 0 aromatic carbocycles. The lowest BCUT2D eigenvalue weighted by atomic mass is 10.00. The minimum absolute atomic E-state index is 0.202. The minimum atomic E-state index is -0.503. The quantitative estimate of drug-likeness (QED) is 0.496. The lowest BCUT2D eigenvalue weighted by Gasteiger charge is -2.16. The molecule has 1 N–H and O–H groups in total. The Labute approximate surface area is 97.8 Å². The first kappa shape index (κ1) is 14.5. The molecule has 3 heteroatoms. The second kappa shape index (κ2) is 7.78. The van der Waals surface area contributed by atoms with Crippen LogP contribution in [-0.2, 0) is 0 Å². The fourth-order valence-corrected chi connectivity index (χ4v) is 1.70. The van der Waals surface area contributed by atoms with Gasteiger partial charge in [-0.05, 0) is 26.7 Å². The molecule has 0 aromatic rings. The lowest BCUT2D eigenvalue weighted by molar-refractivity contribution is 0.0680. The Morgan fingerprint density at radius 3 is 2.00 bits per heavy atom. The van der Waals surface area contributed by atoms with Crippen molar-refractivity contribution >= 4 is 23.2 Å². The van der Waals surface area contributed by atoms with Crippen molar-refractivity contribution in [1.29, 1.82) is 0 Å². The molecule has 0 bridgehead atoms. The van der Waals surface area contributed by atoms with Gasteiger partial charge in [-0.1, -0.05) is 32.1 Å². The summed E-state index contributed by atoms with van der Waals surface area (Å²) < 4.78 is 0. The number of alkyl halides is 2. The molecule has 0 heterocycles. The Morgan fingerprint density at radius 1 is 1.00 bits per heavy atom. The highest BCUT2D eigenvalue weighted by Crippen LogP contribution is 2.16. The summed E-state index contributed by atoms with van der Waals surface area (Å²) in [6, 6.07) is 0. The number of rotatable bonds is 8. The van der Waals surface area contributed by atoms with Gasteiger partial charge in [0, 0.05) is 0 Å². The summed E-state index contributed by atoms with van der Waals surface area (Å²) in [7, 11) is 0. The Kier molecular flexibility index (Phi) is 8.08. The maximum absolute atomic E-state index is 9.46. The van der Waals surface area contributed by atoms with Gasteiger partial charge < -0.3 is 5.11 Å². The molecule has 0 rings (SSSR count). The van der Waals surface area contributed by atoms with Gasteiger partial charge in [0.15, 0.2) is 0 Å². The highest BCUT2D eigenvalue weighted by atomic mass is 35.5. The highest BCUT2D eigenvalue weighted by molar-refractivity contribution is 6.44. The molecule has 86 valence electrons. The summed E-state index contributed by atoms with van der Waals surface area (Å²) in [6.07, 6.45) is 7.61. The van der Waals surface area contributed by atoms with Crippen molar-refractivity contribution in [2.24, 2.45) is 0 Å². The van der Waals surface area contributed by atoms with Crippen molar-refractivity contribution in [2.75, 3.05) is 0 Å². The van der Waals surface area contributed by atoms with Crippen molar-refractivity contribution < 1.29 is 5.11 Å². The van der Waals surface area contributed by atoms with Gasteiger partial charge in [0.2, 0.25) is 0 Å². The van der Waals surface area contributed by atoms with E-state index in [2.05, 4.69) is 0 Å². The van der Waals surface area contributed by atoms with Crippen LogP contribution in [0.5, 0.6) is 0 Å². The number of unbranched alkanes of at least 4 members (excludes halogenated alkanes) is 4. The van der Waals surface area contributed by atoms with Gasteiger partial charge in [0.25, 0.3) is 0 Å². The van der Waals surface area contributed by atoms with E-state index >= 15 is 0 Å². The van der Waals surface area contributed by atoms with E-state index in [1.807, 2.05) is 13.8 Å². The molecule has 0 radical (unpaired) electrons. The third-order valence-electron chi connectivity index (χ3n) is 2.21. The van der Waals surface area contributed by atoms with Gasteiger partial charge in [-0.15, -0.1) is 23.2 Å². The fraction of sp³-hybridized carbons (Fsp3) is 1.00. The molecule has 0 spiro atoms. The van der Waals surface area contributed by atoms with Crippen LogP contribution >= 0.6 is 23.2 Å². The zero-order valence-electron chi connectivity index (χ0n) is 9.23. The van der Waals surface area contributed by atoms with E-state index in [1.165, 1.54) is 19.3 Å². The molecule has 0 amide bonds. The third-order valence-corrected chi connectivity index (χ3v) is 2.65. The molecule has 0 atom stereocenters. The molecule has 0 aliphatic heterocycles. The average Bonchev–Trinajstić information content (AvgIpc) is 2.00. The van der Waals surface area contributed by atoms with Gasteiger partial charge in [-0.2, -0.15) is 0 Å². The molecule has 0 unspecified atom stereocenters. The Bertz CT molecular complexity index is 130.